The summed E-state index contributed by atoms with van der Waals surface area (Å²) >= 11 is 0. The van der Waals surface area contributed by atoms with E-state index in [2.05, 4.69) is 15.0 Å². The third-order valence-corrected chi connectivity index (χ3v) is 4.65. The second-order valence-electron chi connectivity index (χ2n) is 6.41. The number of aromatic nitrogens is 2. The quantitative estimate of drug-likeness (QED) is 0.830. The molecule has 1 fully saturated rings. The molecule has 8 heteroatoms. The van der Waals surface area contributed by atoms with Gasteiger partial charge in [-0.15, -0.1) is 0 Å². The Kier molecular flexibility index (Phi) is 4.04. The van der Waals surface area contributed by atoms with Gasteiger partial charge in [0.25, 0.3) is 5.91 Å². The zero-order valence-corrected chi connectivity index (χ0v) is 14.3. The number of aryl methyl sites for hydroxylation is 1. The van der Waals surface area contributed by atoms with Crippen molar-refractivity contribution < 1.29 is 18.8 Å². The minimum atomic E-state index is 0.0182. The van der Waals surface area contributed by atoms with Gasteiger partial charge >= 0.3 is 0 Å². The number of hydrogen-bond acceptors (Lipinski definition) is 7. The second kappa shape index (κ2) is 6.36. The first-order chi connectivity index (χ1) is 12.1. The lowest BCUT2D eigenvalue weighted by molar-refractivity contribution is 0.0778. The van der Waals surface area contributed by atoms with Crippen molar-refractivity contribution in [1.82, 2.24) is 19.9 Å². The van der Waals surface area contributed by atoms with Crippen LogP contribution in [0.5, 0.6) is 11.5 Å². The highest BCUT2D eigenvalue weighted by atomic mass is 16.7. The average molecular weight is 344 g/mol. The first-order valence-corrected chi connectivity index (χ1v) is 8.28. The van der Waals surface area contributed by atoms with Crippen molar-refractivity contribution in [3.8, 4) is 11.5 Å². The summed E-state index contributed by atoms with van der Waals surface area (Å²) in [6, 6.07) is 5.60. The molecule has 1 saturated heterocycles. The van der Waals surface area contributed by atoms with E-state index in [1.807, 2.05) is 11.9 Å². The maximum absolute atomic E-state index is 12.7. The fourth-order valence-corrected chi connectivity index (χ4v) is 3.26. The normalized spacial score (nSPS) is 19.0. The molecule has 2 aliphatic heterocycles. The second-order valence-corrected chi connectivity index (χ2v) is 6.41. The molecule has 2 aromatic rings. The number of ether oxygens (including phenoxy) is 2. The van der Waals surface area contributed by atoms with Crippen molar-refractivity contribution in [2.24, 2.45) is 0 Å². The maximum Gasteiger partial charge on any atom is 0.254 e. The summed E-state index contributed by atoms with van der Waals surface area (Å²) in [6.45, 7) is 4.00. The number of benzene rings is 1. The minimum absolute atomic E-state index is 0.0182. The van der Waals surface area contributed by atoms with Gasteiger partial charge in [-0.05, 0) is 31.7 Å². The molecule has 0 radical (unpaired) electrons. The molecule has 3 heterocycles. The predicted octanol–water partition coefficient (Wildman–Crippen LogP) is 1.45. The van der Waals surface area contributed by atoms with Crippen LogP contribution >= 0.6 is 0 Å². The van der Waals surface area contributed by atoms with Crippen LogP contribution in [0.3, 0.4) is 0 Å². The smallest absolute Gasteiger partial charge is 0.254 e. The summed E-state index contributed by atoms with van der Waals surface area (Å²) in [5.41, 5.74) is 0.626. The predicted molar refractivity (Wildman–Crippen MR) is 87.4 cm³/mol. The van der Waals surface area contributed by atoms with Gasteiger partial charge in [0.1, 0.15) is 0 Å². The molecule has 0 spiro atoms. The van der Waals surface area contributed by atoms with E-state index in [9.17, 15) is 4.79 Å². The van der Waals surface area contributed by atoms with Crippen LogP contribution in [-0.4, -0.2) is 58.8 Å². The molecule has 1 amide bonds. The van der Waals surface area contributed by atoms with Crippen molar-refractivity contribution in [1.29, 1.82) is 0 Å². The van der Waals surface area contributed by atoms with E-state index >= 15 is 0 Å². The van der Waals surface area contributed by atoms with Crippen LogP contribution in [0, 0.1) is 6.92 Å². The number of likely N-dealkylation sites (N-methyl/N-ethyl adjacent to an activating group) is 1. The van der Waals surface area contributed by atoms with Crippen molar-refractivity contribution >= 4 is 5.91 Å². The van der Waals surface area contributed by atoms with Crippen LogP contribution in [0.2, 0.25) is 0 Å². The van der Waals surface area contributed by atoms with Crippen molar-refractivity contribution in [2.75, 3.05) is 26.9 Å². The molecule has 0 N–H and O–H groups in total. The highest BCUT2D eigenvalue weighted by Crippen LogP contribution is 2.33. The van der Waals surface area contributed by atoms with Gasteiger partial charge in [0, 0.05) is 31.6 Å². The zero-order valence-electron chi connectivity index (χ0n) is 14.3. The minimum Gasteiger partial charge on any atom is -0.454 e. The van der Waals surface area contributed by atoms with Crippen LogP contribution in [-0.2, 0) is 6.54 Å². The number of amides is 1. The Morgan fingerprint density at radius 2 is 2.20 bits per heavy atom. The lowest BCUT2D eigenvalue weighted by Gasteiger charge is -2.23. The Morgan fingerprint density at radius 1 is 1.36 bits per heavy atom. The number of rotatable bonds is 4. The molecule has 132 valence electrons. The summed E-state index contributed by atoms with van der Waals surface area (Å²) in [6.07, 6.45) is 0.920. The summed E-state index contributed by atoms with van der Waals surface area (Å²) in [5, 5.41) is 3.93. The molecular weight excluding hydrogens is 324 g/mol. The molecule has 0 bridgehead atoms. The average Bonchev–Trinajstić information content (AvgIpc) is 3.34. The first kappa shape index (κ1) is 15.9. The summed E-state index contributed by atoms with van der Waals surface area (Å²) in [4.78, 5) is 21.0. The fourth-order valence-electron chi connectivity index (χ4n) is 3.26. The van der Waals surface area contributed by atoms with Gasteiger partial charge in [-0.3, -0.25) is 9.69 Å². The van der Waals surface area contributed by atoms with E-state index in [1.165, 1.54) is 0 Å². The van der Waals surface area contributed by atoms with Gasteiger partial charge in [-0.25, -0.2) is 0 Å². The summed E-state index contributed by atoms with van der Waals surface area (Å²) in [5.74, 6) is 2.57. The number of likely N-dealkylation sites (tertiary alicyclic amines) is 1. The van der Waals surface area contributed by atoms with Gasteiger partial charge in [-0.2, -0.15) is 4.98 Å². The summed E-state index contributed by atoms with van der Waals surface area (Å²) < 4.78 is 15.7. The molecule has 8 nitrogen and oxygen atoms in total. The van der Waals surface area contributed by atoms with Gasteiger partial charge in [0.05, 0.1) is 6.54 Å². The topological polar surface area (TPSA) is 80.9 Å². The fraction of sp³-hybridized carbons (Fsp3) is 0.471. The van der Waals surface area contributed by atoms with Crippen LogP contribution in [0.4, 0.5) is 0 Å². The van der Waals surface area contributed by atoms with E-state index < -0.39 is 0 Å². The Bertz CT molecular complexity index is 791. The lowest BCUT2D eigenvalue weighted by Crippen LogP contribution is -2.36. The number of hydrogen-bond donors (Lipinski definition) is 0. The molecular formula is C17H20N4O4. The Hall–Kier alpha value is -2.61. The van der Waals surface area contributed by atoms with Gasteiger partial charge in [0.2, 0.25) is 12.7 Å². The van der Waals surface area contributed by atoms with Gasteiger partial charge in [-0.1, -0.05) is 5.16 Å². The van der Waals surface area contributed by atoms with Crippen molar-refractivity contribution in [3.63, 3.8) is 0 Å². The van der Waals surface area contributed by atoms with Crippen LogP contribution in [0.1, 0.15) is 28.5 Å². The van der Waals surface area contributed by atoms with Gasteiger partial charge < -0.3 is 18.9 Å². The lowest BCUT2D eigenvalue weighted by atomic mass is 10.2. The SMILES string of the molecule is Cc1nc(CN(C)C2CCN(C(=O)c3ccc4c(c3)OCO4)C2)no1. The van der Waals surface area contributed by atoms with Crippen LogP contribution in [0.15, 0.2) is 22.7 Å². The Labute approximate surface area is 145 Å². The standard InChI is InChI=1S/C17H20N4O4/c1-11-18-16(19-25-11)9-20(2)13-5-6-21(8-13)17(22)12-3-4-14-15(7-12)24-10-23-14/h3-4,7,13H,5-6,8-10H2,1-2H3. The van der Waals surface area contributed by atoms with Crippen LogP contribution in [0.25, 0.3) is 0 Å². The van der Waals surface area contributed by atoms with Crippen molar-refractivity contribution in [3.05, 3.63) is 35.5 Å². The third kappa shape index (κ3) is 3.17. The van der Waals surface area contributed by atoms with E-state index in [4.69, 9.17) is 14.0 Å². The number of fused-ring (bicyclic) bond motifs is 1. The van der Waals surface area contributed by atoms with E-state index in [-0.39, 0.29) is 18.7 Å². The molecule has 1 unspecified atom stereocenters. The van der Waals surface area contributed by atoms with E-state index in [0.717, 1.165) is 13.0 Å². The third-order valence-electron chi connectivity index (χ3n) is 4.65. The molecule has 25 heavy (non-hydrogen) atoms. The molecule has 1 aromatic heterocycles. The number of nitrogens with zero attached hydrogens (tertiary/aromatic N) is 4. The Balaban J connectivity index is 1.39. The zero-order chi connectivity index (χ0) is 17.4. The van der Waals surface area contributed by atoms with E-state index in [0.29, 0.717) is 41.9 Å². The Morgan fingerprint density at radius 3 is 3.00 bits per heavy atom. The first-order valence-electron chi connectivity index (χ1n) is 8.28. The van der Waals surface area contributed by atoms with Gasteiger partial charge in [0.15, 0.2) is 17.3 Å². The largest absolute Gasteiger partial charge is 0.454 e. The van der Waals surface area contributed by atoms with E-state index in [1.54, 1.807) is 25.1 Å². The molecule has 0 aliphatic carbocycles. The molecule has 1 aromatic carbocycles. The highest BCUT2D eigenvalue weighted by Gasteiger charge is 2.30. The monoisotopic (exact) mass is 344 g/mol. The number of carbonyl (C=O) groups is 1. The summed E-state index contributed by atoms with van der Waals surface area (Å²) in [7, 11) is 2.02. The molecule has 0 saturated carbocycles. The molecule has 4 rings (SSSR count). The van der Waals surface area contributed by atoms with Crippen LogP contribution < -0.4 is 9.47 Å². The van der Waals surface area contributed by atoms with Crippen molar-refractivity contribution in [2.45, 2.75) is 25.9 Å². The number of carbonyl (C=O) groups excluding carboxylic acids is 1. The molecule has 2 aliphatic rings. The maximum atomic E-state index is 12.7. The molecule has 1 atom stereocenters. The highest BCUT2D eigenvalue weighted by molar-refractivity contribution is 5.95.